The van der Waals surface area contributed by atoms with Crippen LogP contribution in [0.25, 0.3) is 0 Å². The van der Waals surface area contributed by atoms with Gasteiger partial charge in [-0.25, -0.2) is 0 Å². The van der Waals surface area contributed by atoms with Gasteiger partial charge in [-0.05, 0) is 43.4 Å². The van der Waals surface area contributed by atoms with E-state index in [1.807, 2.05) is 0 Å². The quantitative estimate of drug-likeness (QED) is 0.850. The molecule has 1 amide bonds. The lowest BCUT2D eigenvalue weighted by molar-refractivity contribution is 0.0934. The summed E-state index contributed by atoms with van der Waals surface area (Å²) in [5, 5.41) is 5.71. The van der Waals surface area contributed by atoms with E-state index in [4.69, 9.17) is 23.2 Å². The molecule has 1 atom stereocenters. The third-order valence-electron chi connectivity index (χ3n) is 3.88. The van der Waals surface area contributed by atoms with Gasteiger partial charge in [-0.1, -0.05) is 29.3 Å². The van der Waals surface area contributed by atoms with E-state index in [-0.39, 0.29) is 11.9 Å². The Labute approximate surface area is 143 Å². The zero-order chi connectivity index (χ0) is 15.5. The molecule has 2 N–H and O–H groups in total. The van der Waals surface area contributed by atoms with Gasteiger partial charge in [-0.15, -0.1) is 11.3 Å². The highest BCUT2D eigenvalue weighted by atomic mass is 35.5. The van der Waals surface area contributed by atoms with Crippen molar-refractivity contribution in [2.75, 3.05) is 19.6 Å². The molecule has 2 aromatic heterocycles. The first-order valence-corrected chi connectivity index (χ1v) is 8.88. The molecule has 7 heteroatoms. The van der Waals surface area contributed by atoms with Crippen LogP contribution < -0.4 is 5.32 Å². The fourth-order valence-corrected chi connectivity index (χ4v) is 3.93. The lowest BCUT2D eigenvalue weighted by atomic mass is 10.2. The van der Waals surface area contributed by atoms with Crippen LogP contribution in [0, 0.1) is 0 Å². The molecule has 1 aliphatic rings. The Bertz CT molecular complexity index is 616. The maximum absolute atomic E-state index is 12.2. The van der Waals surface area contributed by atoms with Crippen molar-refractivity contribution in [3.05, 3.63) is 44.3 Å². The maximum Gasteiger partial charge on any atom is 0.267 e. The highest BCUT2D eigenvalue weighted by molar-refractivity contribution is 7.10. The van der Waals surface area contributed by atoms with E-state index in [0.717, 1.165) is 13.1 Å². The SMILES string of the molecule is O=C(NCC(c1cccs1)N1CCCC1)c1cc(Cl)c(Cl)[nH]1. The van der Waals surface area contributed by atoms with E-state index < -0.39 is 0 Å². The number of rotatable bonds is 5. The number of H-pyrrole nitrogens is 1. The molecule has 118 valence electrons. The molecular weight excluding hydrogens is 341 g/mol. The van der Waals surface area contributed by atoms with Crippen LogP contribution in [-0.4, -0.2) is 35.4 Å². The lowest BCUT2D eigenvalue weighted by Crippen LogP contribution is -2.36. The second-order valence-corrected chi connectivity index (χ2v) is 7.09. The van der Waals surface area contributed by atoms with E-state index in [0.29, 0.717) is 22.4 Å². The van der Waals surface area contributed by atoms with Gasteiger partial charge in [0.25, 0.3) is 5.91 Å². The molecule has 0 aliphatic carbocycles. The van der Waals surface area contributed by atoms with Crippen molar-refractivity contribution >= 4 is 40.4 Å². The molecule has 3 rings (SSSR count). The molecule has 1 saturated heterocycles. The fraction of sp³-hybridized carbons (Fsp3) is 0.400. The smallest absolute Gasteiger partial charge is 0.267 e. The molecule has 0 saturated carbocycles. The number of hydrogen-bond acceptors (Lipinski definition) is 3. The number of aromatic nitrogens is 1. The van der Waals surface area contributed by atoms with Crippen molar-refractivity contribution in [3.8, 4) is 0 Å². The Morgan fingerprint density at radius 3 is 2.77 bits per heavy atom. The number of carbonyl (C=O) groups excluding carboxylic acids is 1. The predicted octanol–water partition coefficient (Wildman–Crippen LogP) is 3.95. The summed E-state index contributed by atoms with van der Waals surface area (Å²) in [6.45, 7) is 2.74. The minimum atomic E-state index is -0.186. The van der Waals surface area contributed by atoms with Crippen LogP contribution >= 0.6 is 34.5 Å². The molecule has 1 unspecified atom stereocenters. The van der Waals surface area contributed by atoms with E-state index in [2.05, 4.69) is 32.7 Å². The number of nitrogens with zero attached hydrogens (tertiary/aromatic N) is 1. The molecule has 0 spiro atoms. The van der Waals surface area contributed by atoms with Crippen molar-refractivity contribution in [2.24, 2.45) is 0 Å². The Kier molecular flexibility index (Phi) is 5.08. The first-order chi connectivity index (χ1) is 10.6. The molecule has 0 bridgehead atoms. The number of amides is 1. The first kappa shape index (κ1) is 15.9. The molecule has 0 aromatic carbocycles. The van der Waals surface area contributed by atoms with Gasteiger partial charge in [0.2, 0.25) is 0 Å². The van der Waals surface area contributed by atoms with E-state index >= 15 is 0 Å². The van der Waals surface area contributed by atoms with Crippen LogP contribution in [-0.2, 0) is 0 Å². The molecule has 1 aliphatic heterocycles. The highest BCUT2D eigenvalue weighted by Gasteiger charge is 2.25. The van der Waals surface area contributed by atoms with Crippen LogP contribution in [0.2, 0.25) is 10.2 Å². The van der Waals surface area contributed by atoms with Gasteiger partial charge in [-0.2, -0.15) is 0 Å². The molecule has 22 heavy (non-hydrogen) atoms. The molecule has 4 nitrogen and oxygen atoms in total. The van der Waals surface area contributed by atoms with E-state index in [1.165, 1.54) is 17.7 Å². The summed E-state index contributed by atoms with van der Waals surface area (Å²) in [4.78, 5) is 18.7. The Balaban J connectivity index is 1.67. The Morgan fingerprint density at radius 1 is 1.41 bits per heavy atom. The lowest BCUT2D eigenvalue weighted by Gasteiger charge is -2.26. The second-order valence-electron chi connectivity index (χ2n) is 5.33. The number of hydrogen-bond donors (Lipinski definition) is 2. The summed E-state index contributed by atoms with van der Waals surface area (Å²) in [5.41, 5.74) is 0.390. The third kappa shape index (κ3) is 3.49. The van der Waals surface area contributed by atoms with Gasteiger partial charge in [0.15, 0.2) is 0 Å². The van der Waals surface area contributed by atoms with Gasteiger partial charge in [0, 0.05) is 11.4 Å². The van der Waals surface area contributed by atoms with Crippen molar-refractivity contribution in [3.63, 3.8) is 0 Å². The minimum absolute atomic E-state index is 0.186. The molecule has 2 aromatic rings. The van der Waals surface area contributed by atoms with Gasteiger partial charge in [0.05, 0.1) is 11.1 Å². The number of thiophene rings is 1. The number of nitrogens with one attached hydrogen (secondary N) is 2. The zero-order valence-corrected chi connectivity index (χ0v) is 14.3. The van der Waals surface area contributed by atoms with Crippen molar-refractivity contribution in [1.82, 2.24) is 15.2 Å². The molecule has 3 heterocycles. The zero-order valence-electron chi connectivity index (χ0n) is 11.9. The largest absolute Gasteiger partial charge is 0.349 e. The van der Waals surface area contributed by atoms with Gasteiger partial charge < -0.3 is 10.3 Å². The minimum Gasteiger partial charge on any atom is -0.349 e. The van der Waals surface area contributed by atoms with Crippen LogP contribution in [0.15, 0.2) is 23.6 Å². The number of aromatic amines is 1. The van der Waals surface area contributed by atoms with Crippen molar-refractivity contribution in [2.45, 2.75) is 18.9 Å². The van der Waals surface area contributed by atoms with Gasteiger partial charge in [0.1, 0.15) is 10.8 Å². The fourth-order valence-electron chi connectivity index (χ4n) is 2.75. The average molecular weight is 358 g/mol. The standard InChI is InChI=1S/C15H17Cl2N3OS/c16-10-8-11(19-14(10)17)15(21)18-9-12(13-4-3-7-22-13)20-5-1-2-6-20/h3-4,7-8,12,19H,1-2,5-6,9H2,(H,18,21). The van der Waals surface area contributed by atoms with Crippen molar-refractivity contribution < 1.29 is 4.79 Å². The Morgan fingerprint density at radius 2 is 2.18 bits per heavy atom. The van der Waals surface area contributed by atoms with Crippen LogP contribution in [0.3, 0.4) is 0 Å². The second kappa shape index (κ2) is 7.04. The first-order valence-electron chi connectivity index (χ1n) is 7.25. The number of likely N-dealkylation sites (tertiary alicyclic amines) is 1. The summed E-state index contributed by atoms with van der Waals surface area (Å²) in [6.07, 6.45) is 2.44. The van der Waals surface area contributed by atoms with Crippen LogP contribution in [0.5, 0.6) is 0 Å². The topological polar surface area (TPSA) is 48.1 Å². The third-order valence-corrected chi connectivity index (χ3v) is 5.55. The van der Waals surface area contributed by atoms with E-state index in [1.54, 1.807) is 17.4 Å². The molecule has 0 radical (unpaired) electrons. The normalized spacial score (nSPS) is 16.8. The molecule has 1 fully saturated rings. The van der Waals surface area contributed by atoms with Gasteiger partial charge >= 0.3 is 0 Å². The average Bonchev–Trinajstić information content (AvgIpc) is 3.23. The molecular formula is C15H17Cl2N3OS. The summed E-state index contributed by atoms with van der Waals surface area (Å²) < 4.78 is 0. The van der Waals surface area contributed by atoms with Gasteiger partial charge in [-0.3, -0.25) is 9.69 Å². The van der Waals surface area contributed by atoms with Crippen molar-refractivity contribution in [1.29, 1.82) is 0 Å². The van der Waals surface area contributed by atoms with Crippen LogP contribution in [0.1, 0.15) is 34.2 Å². The highest BCUT2D eigenvalue weighted by Crippen LogP contribution is 2.28. The Hall–Kier alpha value is -1.01. The number of halogens is 2. The predicted molar refractivity (Wildman–Crippen MR) is 91.0 cm³/mol. The summed E-state index contributed by atoms with van der Waals surface area (Å²) >= 11 is 13.4. The summed E-state index contributed by atoms with van der Waals surface area (Å²) in [5.74, 6) is -0.186. The monoisotopic (exact) mass is 357 g/mol. The summed E-state index contributed by atoms with van der Waals surface area (Å²) in [6, 6.07) is 5.96. The maximum atomic E-state index is 12.2. The van der Waals surface area contributed by atoms with E-state index in [9.17, 15) is 4.79 Å². The summed E-state index contributed by atoms with van der Waals surface area (Å²) in [7, 11) is 0. The van der Waals surface area contributed by atoms with Crippen LogP contribution in [0.4, 0.5) is 0 Å². The number of carbonyl (C=O) groups is 1.